The number of halogens is 3. The molecule has 2 aromatic carbocycles. The lowest BCUT2D eigenvalue weighted by molar-refractivity contribution is -0.120. The molecule has 0 heterocycles. The Morgan fingerprint density at radius 1 is 1.04 bits per heavy atom. The predicted octanol–water partition coefficient (Wildman–Crippen LogP) is 3.10. The number of carbonyl (C=O) groups excluding carboxylic acids is 2. The van der Waals surface area contributed by atoms with E-state index in [4.69, 9.17) is 0 Å². The van der Waals surface area contributed by atoms with Gasteiger partial charge in [-0.25, -0.2) is 13.2 Å². The van der Waals surface area contributed by atoms with Crippen LogP contribution in [0, 0.1) is 17.5 Å². The average Bonchev–Trinajstić information content (AvgIpc) is 2.48. The number of rotatable bonds is 4. The van der Waals surface area contributed by atoms with Crippen LogP contribution < -0.4 is 10.2 Å². The van der Waals surface area contributed by atoms with Gasteiger partial charge in [0.2, 0.25) is 11.8 Å². The molecule has 23 heavy (non-hydrogen) atoms. The van der Waals surface area contributed by atoms with E-state index >= 15 is 0 Å². The van der Waals surface area contributed by atoms with E-state index in [1.165, 1.54) is 31.2 Å². The van der Waals surface area contributed by atoms with E-state index in [0.717, 1.165) is 23.1 Å². The number of benzene rings is 2. The largest absolute Gasteiger partial charge is 0.324 e. The minimum Gasteiger partial charge on any atom is -0.324 e. The molecule has 0 radical (unpaired) electrons. The van der Waals surface area contributed by atoms with Crippen LogP contribution >= 0.6 is 0 Å². The quantitative estimate of drug-likeness (QED) is 0.940. The lowest BCUT2D eigenvalue weighted by Crippen LogP contribution is -2.36. The van der Waals surface area contributed by atoms with Gasteiger partial charge in [0.15, 0.2) is 11.6 Å². The van der Waals surface area contributed by atoms with Gasteiger partial charge in [-0.1, -0.05) is 6.07 Å². The smallest absolute Gasteiger partial charge is 0.244 e. The van der Waals surface area contributed by atoms with Crippen molar-refractivity contribution in [2.24, 2.45) is 0 Å². The zero-order valence-electron chi connectivity index (χ0n) is 12.1. The van der Waals surface area contributed by atoms with E-state index in [0.29, 0.717) is 0 Å². The molecule has 0 aromatic heterocycles. The van der Waals surface area contributed by atoms with Crippen molar-refractivity contribution in [3.63, 3.8) is 0 Å². The second-order valence-corrected chi connectivity index (χ2v) is 4.76. The Morgan fingerprint density at radius 2 is 1.78 bits per heavy atom. The third-order valence-electron chi connectivity index (χ3n) is 3.01. The molecular formula is C16H13F3N2O2. The highest BCUT2D eigenvalue weighted by molar-refractivity contribution is 6.01. The number of nitrogens with zero attached hydrogens (tertiary/aromatic N) is 1. The molecule has 1 N–H and O–H groups in total. The number of carbonyl (C=O) groups is 2. The van der Waals surface area contributed by atoms with Crippen molar-refractivity contribution in [3.05, 3.63) is 59.9 Å². The third-order valence-corrected chi connectivity index (χ3v) is 3.01. The summed E-state index contributed by atoms with van der Waals surface area (Å²) in [6.07, 6.45) is 0. The maximum Gasteiger partial charge on any atom is 0.244 e. The summed E-state index contributed by atoms with van der Waals surface area (Å²) >= 11 is 0. The van der Waals surface area contributed by atoms with Crippen molar-refractivity contribution in [2.45, 2.75) is 6.92 Å². The lowest BCUT2D eigenvalue weighted by Gasteiger charge is -2.20. The topological polar surface area (TPSA) is 49.4 Å². The molecule has 0 bridgehead atoms. The van der Waals surface area contributed by atoms with Gasteiger partial charge in [-0.3, -0.25) is 9.59 Å². The first kappa shape index (κ1) is 16.5. The summed E-state index contributed by atoms with van der Waals surface area (Å²) in [4.78, 5) is 24.7. The molecule has 2 rings (SSSR count). The molecule has 0 aliphatic carbocycles. The summed E-state index contributed by atoms with van der Waals surface area (Å²) in [6, 6.07) is 8.11. The maximum atomic E-state index is 13.2. The molecule has 4 nitrogen and oxygen atoms in total. The van der Waals surface area contributed by atoms with E-state index < -0.39 is 35.8 Å². The van der Waals surface area contributed by atoms with Crippen molar-refractivity contribution in [2.75, 3.05) is 16.8 Å². The minimum absolute atomic E-state index is 0.0524. The van der Waals surface area contributed by atoms with Gasteiger partial charge in [0.1, 0.15) is 12.4 Å². The molecule has 0 spiro atoms. The number of hydrogen-bond acceptors (Lipinski definition) is 2. The second kappa shape index (κ2) is 6.95. The molecule has 7 heteroatoms. The molecule has 0 unspecified atom stereocenters. The van der Waals surface area contributed by atoms with Crippen molar-refractivity contribution < 1.29 is 22.8 Å². The molecule has 0 aliphatic heterocycles. The highest BCUT2D eigenvalue weighted by Gasteiger charge is 2.16. The average molecular weight is 322 g/mol. The molecule has 0 saturated heterocycles. The highest BCUT2D eigenvalue weighted by atomic mass is 19.2. The number of amides is 2. The van der Waals surface area contributed by atoms with Crippen LogP contribution in [0.5, 0.6) is 0 Å². The van der Waals surface area contributed by atoms with Crippen molar-refractivity contribution in [3.8, 4) is 0 Å². The molecule has 2 amide bonds. The Bertz CT molecular complexity index is 750. The van der Waals surface area contributed by atoms with Crippen molar-refractivity contribution in [1.82, 2.24) is 0 Å². The fourth-order valence-corrected chi connectivity index (χ4v) is 1.95. The van der Waals surface area contributed by atoms with Gasteiger partial charge < -0.3 is 10.2 Å². The number of hydrogen-bond donors (Lipinski definition) is 1. The van der Waals surface area contributed by atoms with Gasteiger partial charge in [0, 0.05) is 24.4 Å². The van der Waals surface area contributed by atoms with E-state index in [2.05, 4.69) is 5.32 Å². The van der Waals surface area contributed by atoms with Gasteiger partial charge in [-0.2, -0.15) is 0 Å². The lowest BCUT2D eigenvalue weighted by atomic mass is 10.2. The monoisotopic (exact) mass is 322 g/mol. The van der Waals surface area contributed by atoms with Crippen molar-refractivity contribution in [1.29, 1.82) is 0 Å². The van der Waals surface area contributed by atoms with Gasteiger partial charge in [0.25, 0.3) is 0 Å². The highest BCUT2D eigenvalue weighted by Crippen LogP contribution is 2.17. The normalized spacial score (nSPS) is 10.3. The zero-order valence-corrected chi connectivity index (χ0v) is 12.1. The zero-order chi connectivity index (χ0) is 17.0. The van der Waals surface area contributed by atoms with Gasteiger partial charge in [0.05, 0.1) is 0 Å². The van der Waals surface area contributed by atoms with E-state index in [1.54, 1.807) is 0 Å². The Kier molecular flexibility index (Phi) is 5.00. The first-order valence-corrected chi connectivity index (χ1v) is 6.65. The van der Waals surface area contributed by atoms with Gasteiger partial charge in [-0.05, 0) is 30.3 Å². The Labute approximate surface area is 130 Å². The van der Waals surface area contributed by atoms with E-state index in [9.17, 15) is 22.8 Å². The van der Waals surface area contributed by atoms with E-state index in [-0.39, 0.29) is 11.4 Å². The summed E-state index contributed by atoms with van der Waals surface area (Å²) in [6.45, 7) is 0.841. The fraction of sp³-hybridized carbons (Fsp3) is 0.125. The first-order chi connectivity index (χ1) is 10.9. The number of nitrogens with one attached hydrogen (secondary N) is 1. The van der Waals surface area contributed by atoms with Crippen LogP contribution in [-0.2, 0) is 9.59 Å². The molecule has 0 aliphatic rings. The van der Waals surface area contributed by atoms with Crippen LogP contribution in [-0.4, -0.2) is 18.4 Å². The van der Waals surface area contributed by atoms with Gasteiger partial charge in [-0.15, -0.1) is 0 Å². The third kappa shape index (κ3) is 4.32. The van der Waals surface area contributed by atoms with E-state index in [1.807, 2.05) is 0 Å². The molecule has 0 fully saturated rings. The van der Waals surface area contributed by atoms with Crippen LogP contribution in [0.15, 0.2) is 42.5 Å². The fourth-order valence-electron chi connectivity index (χ4n) is 1.95. The van der Waals surface area contributed by atoms with Crippen LogP contribution in [0.1, 0.15) is 6.92 Å². The molecule has 2 aromatic rings. The molecule has 0 atom stereocenters. The molecule has 0 saturated carbocycles. The van der Waals surface area contributed by atoms with Gasteiger partial charge >= 0.3 is 0 Å². The Hall–Kier alpha value is -2.83. The summed E-state index contributed by atoms with van der Waals surface area (Å²) in [7, 11) is 0. The van der Waals surface area contributed by atoms with Crippen LogP contribution in [0.4, 0.5) is 24.5 Å². The molecular weight excluding hydrogens is 309 g/mol. The Morgan fingerprint density at radius 3 is 2.39 bits per heavy atom. The second-order valence-electron chi connectivity index (χ2n) is 4.76. The van der Waals surface area contributed by atoms with Crippen LogP contribution in [0.2, 0.25) is 0 Å². The standard InChI is InChI=1S/C16H13F3N2O2/c1-10(22)21(13-4-2-3-11(17)7-13)9-16(23)20-12-5-6-14(18)15(19)8-12/h2-8H,9H2,1H3,(H,20,23). The Balaban J connectivity index is 2.12. The van der Waals surface area contributed by atoms with Crippen LogP contribution in [0.25, 0.3) is 0 Å². The summed E-state index contributed by atoms with van der Waals surface area (Å²) in [5.41, 5.74) is 0.273. The first-order valence-electron chi connectivity index (χ1n) is 6.65. The number of anilines is 2. The predicted molar refractivity (Wildman–Crippen MR) is 79.4 cm³/mol. The molecule has 120 valence electrons. The summed E-state index contributed by atoms with van der Waals surface area (Å²) < 4.78 is 39.2. The SMILES string of the molecule is CC(=O)N(CC(=O)Nc1ccc(F)c(F)c1)c1cccc(F)c1. The maximum absolute atomic E-state index is 13.2. The van der Waals surface area contributed by atoms with Crippen molar-refractivity contribution >= 4 is 23.2 Å². The summed E-state index contributed by atoms with van der Waals surface area (Å²) in [5.74, 6) is -3.77. The van der Waals surface area contributed by atoms with Crippen LogP contribution in [0.3, 0.4) is 0 Å². The summed E-state index contributed by atoms with van der Waals surface area (Å²) in [5, 5.41) is 2.35. The minimum atomic E-state index is -1.10.